The number of para-hydroxylation sites is 2. The predicted molar refractivity (Wildman–Crippen MR) is 134 cm³/mol. The highest BCUT2D eigenvalue weighted by Gasteiger charge is 2.38. The number of hydrogen-bond acceptors (Lipinski definition) is 5. The van der Waals surface area contributed by atoms with Crippen LogP contribution in [-0.4, -0.2) is 25.2 Å². The van der Waals surface area contributed by atoms with Crippen molar-refractivity contribution in [2.75, 3.05) is 19.3 Å². The van der Waals surface area contributed by atoms with Crippen LogP contribution >= 0.6 is 0 Å². The highest BCUT2D eigenvalue weighted by Crippen LogP contribution is 2.41. The van der Waals surface area contributed by atoms with E-state index in [1.165, 1.54) is 6.21 Å². The third-order valence-corrected chi connectivity index (χ3v) is 5.19. The van der Waals surface area contributed by atoms with E-state index in [0.717, 1.165) is 33.1 Å². The van der Waals surface area contributed by atoms with Crippen molar-refractivity contribution >= 4 is 17.6 Å². The van der Waals surface area contributed by atoms with E-state index in [0.29, 0.717) is 5.69 Å². The number of methoxy groups -OCH3 is 2. The molecule has 1 saturated heterocycles. The topological polar surface area (TPSA) is 60.1 Å². The summed E-state index contributed by atoms with van der Waals surface area (Å²) in [5.74, 6) is 1.64. The molecule has 172 valence electrons. The number of hydrogen-bond donors (Lipinski definition) is 0. The second-order valence-electron chi connectivity index (χ2n) is 7.46. The number of rotatable bonds is 6. The van der Waals surface area contributed by atoms with E-state index in [1.54, 1.807) is 26.4 Å². The van der Waals surface area contributed by atoms with Crippen molar-refractivity contribution in [3.8, 4) is 11.5 Å². The van der Waals surface area contributed by atoms with Crippen LogP contribution in [0.25, 0.3) is 0 Å². The molecule has 1 atom stereocenters. The lowest BCUT2D eigenvalue weighted by molar-refractivity contribution is -0.354. The van der Waals surface area contributed by atoms with Crippen LogP contribution in [0.3, 0.4) is 0 Å². The van der Waals surface area contributed by atoms with Gasteiger partial charge < -0.3 is 14.7 Å². The predicted octanol–water partition coefficient (Wildman–Crippen LogP) is 6.10. The van der Waals surface area contributed by atoms with Gasteiger partial charge in [-0.1, -0.05) is 48.5 Å². The summed E-state index contributed by atoms with van der Waals surface area (Å²) in [6, 6.07) is 34.4. The van der Waals surface area contributed by atoms with Gasteiger partial charge in [-0.15, -0.1) is 0 Å². The van der Waals surface area contributed by atoms with Gasteiger partial charge in [-0.25, -0.2) is 9.90 Å². The summed E-state index contributed by atoms with van der Waals surface area (Å²) < 4.78 is 11.0. The Morgan fingerprint density at radius 1 is 0.735 bits per heavy atom. The minimum absolute atomic E-state index is 0.0308. The number of ether oxygens (including phenoxy) is 2. The first-order valence-corrected chi connectivity index (χ1v) is 10.8. The first kappa shape index (κ1) is 22.9. The van der Waals surface area contributed by atoms with Crippen LogP contribution in [0.5, 0.6) is 11.5 Å². The van der Waals surface area contributed by atoms with Crippen LogP contribution in [0.1, 0.15) is 17.4 Å². The Labute approximate surface area is 199 Å². The molecule has 0 aromatic heterocycles. The maximum Gasteiger partial charge on any atom is 0.216 e. The minimum Gasteiger partial charge on any atom is -0.618 e. The Balaban J connectivity index is 0.000000161. The normalized spacial score (nSPS) is 14.6. The Bertz CT molecular complexity index is 1190. The van der Waals surface area contributed by atoms with Gasteiger partial charge >= 0.3 is 0 Å². The summed E-state index contributed by atoms with van der Waals surface area (Å²) in [7, 11) is 3.28. The van der Waals surface area contributed by atoms with Crippen molar-refractivity contribution in [3.05, 3.63) is 126 Å². The van der Waals surface area contributed by atoms with Crippen molar-refractivity contribution < 1.29 is 19.1 Å². The van der Waals surface area contributed by atoms with Crippen molar-refractivity contribution in [1.29, 1.82) is 0 Å². The molecule has 4 aromatic carbocycles. The van der Waals surface area contributed by atoms with E-state index < -0.39 is 0 Å². The van der Waals surface area contributed by atoms with Gasteiger partial charge in [-0.3, -0.25) is 0 Å². The van der Waals surface area contributed by atoms with Crippen molar-refractivity contribution in [3.63, 3.8) is 0 Å². The molecule has 34 heavy (non-hydrogen) atoms. The fraction of sp³-hybridized carbons (Fsp3) is 0.107. The van der Waals surface area contributed by atoms with E-state index >= 15 is 0 Å². The average Bonchev–Trinajstić information content (AvgIpc) is 3.72. The molecule has 4 aromatic rings. The molecule has 0 spiro atoms. The van der Waals surface area contributed by atoms with E-state index in [9.17, 15) is 5.21 Å². The standard InChI is InChI=1S/2C14H13NO2/c1-16-13-9-7-11(8-10-13)14-15(17-14)12-5-3-2-4-6-12;1-17-14-9-7-12(8-10-14)11-15(16)13-5-3-2-4-6-13/h2-10,14H,1H3;2-11H,1H3. The van der Waals surface area contributed by atoms with Gasteiger partial charge in [0.2, 0.25) is 11.9 Å². The smallest absolute Gasteiger partial charge is 0.216 e. The highest BCUT2D eigenvalue weighted by atomic mass is 16.8. The first-order chi connectivity index (χ1) is 16.7. The second kappa shape index (κ2) is 11.0. The van der Waals surface area contributed by atoms with Gasteiger partial charge in [-0.2, -0.15) is 4.74 Å². The van der Waals surface area contributed by atoms with Crippen LogP contribution < -0.4 is 14.5 Å². The van der Waals surface area contributed by atoms with E-state index in [4.69, 9.17) is 14.3 Å². The largest absolute Gasteiger partial charge is 0.618 e. The zero-order valence-corrected chi connectivity index (χ0v) is 19.1. The van der Waals surface area contributed by atoms with Gasteiger partial charge in [0.05, 0.1) is 19.9 Å². The molecule has 1 aliphatic heterocycles. The highest BCUT2D eigenvalue weighted by molar-refractivity contribution is 5.76. The van der Waals surface area contributed by atoms with E-state index in [2.05, 4.69) is 0 Å². The zero-order chi connectivity index (χ0) is 23.8. The summed E-state index contributed by atoms with van der Waals surface area (Å²) in [4.78, 5) is 5.56. The van der Waals surface area contributed by atoms with Crippen molar-refractivity contribution in [2.45, 2.75) is 6.23 Å². The molecule has 0 bridgehead atoms. The summed E-state index contributed by atoms with van der Waals surface area (Å²) in [5.41, 5.74) is 3.66. The maximum atomic E-state index is 11.8. The van der Waals surface area contributed by atoms with Gasteiger partial charge in [0, 0.05) is 23.3 Å². The maximum absolute atomic E-state index is 11.8. The molecule has 1 unspecified atom stereocenters. The first-order valence-electron chi connectivity index (χ1n) is 10.8. The fourth-order valence-corrected chi connectivity index (χ4v) is 3.29. The van der Waals surface area contributed by atoms with Crippen LogP contribution in [0.15, 0.2) is 109 Å². The number of benzene rings is 4. The second-order valence-corrected chi connectivity index (χ2v) is 7.46. The third-order valence-electron chi connectivity index (χ3n) is 5.19. The van der Waals surface area contributed by atoms with Crippen LogP contribution in [0.2, 0.25) is 0 Å². The Hall–Kier alpha value is -4.29. The molecule has 1 heterocycles. The Kier molecular flexibility index (Phi) is 7.42. The molecule has 0 amide bonds. The van der Waals surface area contributed by atoms with Crippen LogP contribution in [0.4, 0.5) is 11.4 Å². The van der Waals surface area contributed by atoms with Crippen molar-refractivity contribution in [2.24, 2.45) is 0 Å². The number of anilines is 1. The molecule has 1 aliphatic rings. The van der Waals surface area contributed by atoms with E-state index in [1.807, 2.05) is 102 Å². The zero-order valence-electron chi connectivity index (χ0n) is 19.1. The molecular weight excluding hydrogens is 428 g/mol. The Morgan fingerprint density at radius 2 is 1.26 bits per heavy atom. The van der Waals surface area contributed by atoms with E-state index in [-0.39, 0.29) is 6.23 Å². The monoisotopic (exact) mass is 454 g/mol. The summed E-state index contributed by atoms with van der Waals surface area (Å²) in [6.07, 6.45) is 1.57. The number of hydroxylamine groups is 1. The SMILES string of the molecule is COc1ccc(C2ON2c2ccccc2)cc1.COc1ccc(C=[N+]([O-])c2ccccc2)cc1. The molecule has 1 fully saturated rings. The quantitative estimate of drug-likeness (QED) is 0.116. The summed E-state index contributed by atoms with van der Waals surface area (Å²) in [5, 5.41) is 13.7. The minimum atomic E-state index is 0.0308. The molecular formula is C28H26N2O4. The van der Waals surface area contributed by atoms with Crippen molar-refractivity contribution in [1.82, 2.24) is 0 Å². The summed E-state index contributed by atoms with van der Waals surface area (Å²) in [6.45, 7) is 0. The molecule has 0 N–H and O–H groups in total. The average molecular weight is 455 g/mol. The lowest BCUT2D eigenvalue weighted by Gasteiger charge is -2.03. The molecule has 0 radical (unpaired) electrons. The van der Waals surface area contributed by atoms with Gasteiger partial charge in [0.15, 0.2) is 6.21 Å². The lowest BCUT2D eigenvalue weighted by atomic mass is 10.2. The van der Waals surface area contributed by atoms with Crippen LogP contribution in [-0.2, 0) is 4.84 Å². The van der Waals surface area contributed by atoms with Crippen LogP contribution in [0, 0.1) is 5.21 Å². The van der Waals surface area contributed by atoms with Gasteiger partial charge in [-0.05, 0) is 48.5 Å². The van der Waals surface area contributed by atoms with Gasteiger partial charge in [0.1, 0.15) is 11.5 Å². The van der Waals surface area contributed by atoms with Gasteiger partial charge in [0.25, 0.3) is 0 Å². The molecule has 0 aliphatic carbocycles. The molecule has 5 rings (SSSR count). The lowest BCUT2D eigenvalue weighted by Crippen LogP contribution is -1.98. The summed E-state index contributed by atoms with van der Waals surface area (Å²) >= 11 is 0. The molecule has 0 saturated carbocycles. The molecule has 6 nitrogen and oxygen atoms in total. The third kappa shape index (κ3) is 5.94. The fourth-order valence-electron chi connectivity index (χ4n) is 3.29. The number of nitrogens with zero attached hydrogens (tertiary/aromatic N) is 2. The molecule has 6 heteroatoms. The Morgan fingerprint density at radius 3 is 1.82 bits per heavy atom.